The van der Waals surface area contributed by atoms with E-state index in [0.29, 0.717) is 13.2 Å². The van der Waals surface area contributed by atoms with Crippen LogP contribution >= 0.6 is 0 Å². The van der Waals surface area contributed by atoms with E-state index in [1.165, 1.54) is 0 Å². The fraction of sp³-hybridized carbons (Fsp3) is 0.636. The SMILES string of the molecule is C=C(C1CCOCC1)N(C)C(=C)S(C)(=O)=O. The molecular weight excluding hydrogens is 226 g/mol. The first-order valence-electron chi connectivity index (χ1n) is 5.23. The largest absolute Gasteiger partial charge is 0.381 e. The Morgan fingerprint density at radius 1 is 1.31 bits per heavy atom. The first-order valence-corrected chi connectivity index (χ1v) is 7.12. The van der Waals surface area contributed by atoms with Crippen LogP contribution in [0.25, 0.3) is 0 Å². The molecule has 0 unspecified atom stereocenters. The van der Waals surface area contributed by atoms with Gasteiger partial charge in [0.25, 0.3) is 0 Å². The molecule has 0 aromatic heterocycles. The van der Waals surface area contributed by atoms with Crippen molar-refractivity contribution in [3.8, 4) is 0 Å². The summed E-state index contributed by atoms with van der Waals surface area (Å²) in [6.45, 7) is 8.97. The van der Waals surface area contributed by atoms with Crippen molar-refractivity contribution in [1.29, 1.82) is 0 Å². The molecule has 0 atom stereocenters. The maximum Gasteiger partial charge on any atom is 0.190 e. The van der Waals surface area contributed by atoms with Crippen molar-refractivity contribution in [2.75, 3.05) is 26.5 Å². The van der Waals surface area contributed by atoms with Crippen molar-refractivity contribution in [3.05, 3.63) is 23.9 Å². The lowest BCUT2D eigenvalue weighted by molar-refractivity contribution is 0.0707. The van der Waals surface area contributed by atoms with Crippen molar-refractivity contribution in [2.45, 2.75) is 12.8 Å². The summed E-state index contributed by atoms with van der Waals surface area (Å²) in [5.74, 6) is 0.289. The fourth-order valence-electron chi connectivity index (χ4n) is 1.71. The van der Waals surface area contributed by atoms with Crippen LogP contribution in [-0.4, -0.2) is 39.8 Å². The Kier molecular flexibility index (Phi) is 4.15. The standard InChI is InChI=1S/C11H19NO3S/c1-9(11-5-7-15-8-6-11)12(3)10(2)16(4,13)14/h11H,1-2,5-8H2,3-4H3. The molecule has 5 heteroatoms. The van der Waals surface area contributed by atoms with Crippen molar-refractivity contribution in [2.24, 2.45) is 5.92 Å². The van der Waals surface area contributed by atoms with Gasteiger partial charge in [-0.1, -0.05) is 13.2 Å². The molecule has 0 aliphatic carbocycles. The molecule has 4 nitrogen and oxygen atoms in total. The van der Waals surface area contributed by atoms with Gasteiger partial charge in [0.1, 0.15) is 5.03 Å². The summed E-state index contributed by atoms with van der Waals surface area (Å²) >= 11 is 0. The van der Waals surface area contributed by atoms with Gasteiger partial charge in [-0.25, -0.2) is 8.42 Å². The molecule has 16 heavy (non-hydrogen) atoms. The van der Waals surface area contributed by atoms with Crippen LogP contribution in [0.1, 0.15) is 12.8 Å². The second kappa shape index (κ2) is 5.01. The highest BCUT2D eigenvalue weighted by Crippen LogP contribution is 2.26. The number of sulfone groups is 1. The summed E-state index contributed by atoms with van der Waals surface area (Å²) < 4.78 is 28.0. The number of ether oxygens (including phenoxy) is 1. The summed E-state index contributed by atoms with van der Waals surface area (Å²) in [5, 5.41) is 0.101. The van der Waals surface area contributed by atoms with Crippen molar-refractivity contribution in [1.82, 2.24) is 4.90 Å². The molecular formula is C11H19NO3S. The summed E-state index contributed by atoms with van der Waals surface area (Å²) in [6, 6.07) is 0. The maximum atomic E-state index is 11.4. The van der Waals surface area contributed by atoms with Crippen LogP contribution in [-0.2, 0) is 14.6 Å². The molecule has 1 aliphatic rings. The van der Waals surface area contributed by atoms with Crippen LogP contribution in [0.5, 0.6) is 0 Å². The average Bonchev–Trinajstić information content (AvgIpc) is 2.26. The smallest absolute Gasteiger partial charge is 0.190 e. The molecule has 0 aromatic rings. The van der Waals surface area contributed by atoms with Crippen LogP contribution < -0.4 is 0 Å². The van der Waals surface area contributed by atoms with Gasteiger partial charge in [-0.2, -0.15) is 0 Å². The van der Waals surface area contributed by atoms with Gasteiger partial charge in [0.15, 0.2) is 9.84 Å². The molecule has 0 N–H and O–H groups in total. The average molecular weight is 245 g/mol. The van der Waals surface area contributed by atoms with Crippen molar-refractivity contribution >= 4 is 9.84 Å². The minimum atomic E-state index is -3.25. The molecule has 0 saturated carbocycles. The van der Waals surface area contributed by atoms with E-state index in [1.807, 2.05) is 0 Å². The number of hydrogen-bond donors (Lipinski definition) is 0. The molecule has 1 heterocycles. The fourth-order valence-corrected chi connectivity index (χ4v) is 2.33. The van der Waals surface area contributed by atoms with Crippen LogP contribution in [0.15, 0.2) is 23.9 Å². The molecule has 0 amide bonds. The van der Waals surface area contributed by atoms with E-state index < -0.39 is 9.84 Å². The van der Waals surface area contributed by atoms with E-state index in [9.17, 15) is 8.42 Å². The third kappa shape index (κ3) is 3.09. The van der Waals surface area contributed by atoms with E-state index >= 15 is 0 Å². The highest BCUT2D eigenvalue weighted by Gasteiger charge is 2.23. The Balaban J connectivity index is 2.70. The lowest BCUT2D eigenvalue weighted by Crippen LogP contribution is -2.28. The summed E-state index contributed by atoms with van der Waals surface area (Å²) in [4.78, 5) is 1.57. The molecule has 1 rings (SSSR count). The van der Waals surface area contributed by atoms with E-state index in [4.69, 9.17) is 4.74 Å². The zero-order chi connectivity index (χ0) is 12.3. The number of allylic oxidation sites excluding steroid dienone is 1. The Bertz CT molecular complexity index is 380. The van der Waals surface area contributed by atoms with Crippen molar-refractivity contribution < 1.29 is 13.2 Å². The second-order valence-corrected chi connectivity index (χ2v) is 6.12. The number of hydrogen-bond acceptors (Lipinski definition) is 4. The lowest BCUT2D eigenvalue weighted by atomic mass is 9.97. The predicted molar refractivity (Wildman–Crippen MR) is 64.4 cm³/mol. The van der Waals surface area contributed by atoms with Crippen LogP contribution in [0, 0.1) is 5.92 Å². The molecule has 0 radical (unpaired) electrons. The van der Waals surface area contributed by atoms with E-state index in [1.54, 1.807) is 11.9 Å². The highest BCUT2D eigenvalue weighted by molar-refractivity contribution is 7.94. The Labute approximate surface area is 97.5 Å². The predicted octanol–water partition coefficient (Wildman–Crippen LogP) is 1.37. The minimum Gasteiger partial charge on any atom is -0.381 e. The zero-order valence-corrected chi connectivity index (χ0v) is 10.7. The third-order valence-corrected chi connectivity index (χ3v) is 4.06. The summed E-state index contributed by atoms with van der Waals surface area (Å²) in [5.41, 5.74) is 0.804. The minimum absolute atomic E-state index is 0.101. The van der Waals surface area contributed by atoms with Gasteiger partial charge >= 0.3 is 0 Å². The molecule has 0 bridgehead atoms. The zero-order valence-electron chi connectivity index (χ0n) is 9.90. The normalized spacial score (nSPS) is 18.1. The van der Waals surface area contributed by atoms with E-state index in [-0.39, 0.29) is 10.9 Å². The van der Waals surface area contributed by atoms with E-state index in [2.05, 4.69) is 13.2 Å². The molecule has 92 valence electrons. The summed E-state index contributed by atoms with van der Waals surface area (Å²) in [7, 11) is -1.55. The number of rotatable bonds is 4. The van der Waals surface area contributed by atoms with Crippen LogP contribution in [0.4, 0.5) is 0 Å². The Morgan fingerprint density at radius 3 is 2.25 bits per heavy atom. The van der Waals surface area contributed by atoms with Gasteiger partial charge in [-0.3, -0.25) is 0 Å². The molecule has 0 spiro atoms. The lowest BCUT2D eigenvalue weighted by Gasteiger charge is -2.31. The third-order valence-electron chi connectivity index (χ3n) is 2.93. The first-order chi connectivity index (χ1) is 7.34. The first kappa shape index (κ1) is 13.3. The highest BCUT2D eigenvalue weighted by atomic mass is 32.2. The van der Waals surface area contributed by atoms with Gasteiger partial charge < -0.3 is 9.64 Å². The van der Waals surface area contributed by atoms with Gasteiger partial charge in [0, 0.05) is 38.1 Å². The van der Waals surface area contributed by atoms with Crippen molar-refractivity contribution in [3.63, 3.8) is 0 Å². The van der Waals surface area contributed by atoms with Crippen LogP contribution in [0.3, 0.4) is 0 Å². The summed E-state index contributed by atoms with van der Waals surface area (Å²) in [6.07, 6.45) is 2.93. The molecule has 0 aromatic carbocycles. The Morgan fingerprint density at radius 2 is 1.81 bits per heavy atom. The number of nitrogens with zero attached hydrogens (tertiary/aromatic N) is 1. The van der Waals surface area contributed by atoms with Gasteiger partial charge in [0.2, 0.25) is 0 Å². The van der Waals surface area contributed by atoms with Crippen LogP contribution in [0.2, 0.25) is 0 Å². The molecule has 1 aliphatic heterocycles. The van der Waals surface area contributed by atoms with E-state index in [0.717, 1.165) is 24.8 Å². The quantitative estimate of drug-likeness (QED) is 0.750. The van der Waals surface area contributed by atoms with Gasteiger partial charge in [0.05, 0.1) is 0 Å². The monoisotopic (exact) mass is 245 g/mol. The Hall–Kier alpha value is -0.810. The van der Waals surface area contributed by atoms with Gasteiger partial charge in [-0.15, -0.1) is 0 Å². The maximum absolute atomic E-state index is 11.4. The molecule has 1 saturated heterocycles. The van der Waals surface area contributed by atoms with Gasteiger partial charge in [-0.05, 0) is 12.8 Å². The second-order valence-electron chi connectivity index (χ2n) is 4.10. The molecule has 1 fully saturated rings. The topological polar surface area (TPSA) is 46.6 Å².